The minimum Gasteiger partial charge on any atom is -0.394 e. The number of aryl methyl sites for hydroxylation is 1. The van der Waals surface area contributed by atoms with Crippen LogP contribution in [0.2, 0.25) is 0 Å². The molecule has 6 heteroatoms. The fourth-order valence-corrected chi connectivity index (χ4v) is 2.71. The Morgan fingerprint density at radius 1 is 1.28 bits per heavy atom. The van der Waals surface area contributed by atoms with Gasteiger partial charge in [-0.3, -0.25) is 4.79 Å². The van der Waals surface area contributed by atoms with Gasteiger partial charge >= 0.3 is 0 Å². The Kier molecular flexibility index (Phi) is 6.75. The molecule has 1 heterocycles. The lowest BCUT2D eigenvalue weighted by atomic mass is 10.2. The summed E-state index contributed by atoms with van der Waals surface area (Å²) >= 11 is 0. The molecule has 2 N–H and O–H groups in total. The van der Waals surface area contributed by atoms with Crippen LogP contribution in [-0.4, -0.2) is 41.9 Å². The largest absolute Gasteiger partial charge is 0.394 e. The van der Waals surface area contributed by atoms with Crippen LogP contribution in [0.4, 0.5) is 0 Å². The number of benzene rings is 1. The molecule has 2 aromatic rings. The number of carbonyl (C=O) groups excluding carboxylic acids is 1. The van der Waals surface area contributed by atoms with Crippen molar-refractivity contribution in [2.45, 2.75) is 20.3 Å². The molecule has 2 rings (SSSR count). The summed E-state index contributed by atoms with van der Waals surface area (Å²) in [6.07, 6.45) is 0.695. The summed E-state index contributed by atoms with van der Waals surface area (Å²) in [6.45, 7) is 5.21. The maximum Gasteiger partial charge on any atom is 0.253 e. The van der Waals surface area contributed by atoms with Gasteiger partial charge in [0.1, 0.15) is 0 Å². The molecule has 0 radical (unpaired) electrons. The van der Waals surface area contributed by atoms with Crippen LogP contribution in [0.15, 0.2) is 30.3 Å². The Bertz CT molecular complexity index is 757. The monoisotopic (exact) mass is 341 g/mol. The molecule has 0 saturated carbocycles. The predicted octanol–water partition coefficient (Wildman–Crippen LogP) is 2.09. The number of carbonyl (C=O) groups is 1. The van der Waals surface area contributed by atoms with Crippen molar-refractivity contribution in [3.63, 3.8) is 0 Å². The topological polar surface area (TPSA) is 87.3 Å². The van der Waals surface area contributed by atoms with Crippen LogP contribution in [-0.2, 0) is 4.74 Å². The molecular formula is C19H23N3O3. The van der Waals surface area contributed by atoms with E-state index < -0.39 is 0 Å². The van der Waals surface area contributed by atoms with Gasteiger partial charge in [0.15, 0.2) is 0 Å². The van der Waals surface area contributed by atoms with E-state index in [9.17, 15) is 4.79 Å². The Hall–Kier alpha value is -2.62. The Balaban J connectivity index is 2.05. The number of aliphatic hydroxyl groups is 1. The lowest BCUT2D eigenvalue weighted by Gasteiger charge is -2.10. The standard InChI is InChI=1S/C19H23N3O3/c1-14-12-18(19(24)21-8-3-10-25-11-9-23)15(2)22(14)17-6-4-16(13-20)5-7-17/h4-7,12,23H,3,8-11H2,1-2H3,(H,21,24). The van der Waals surface area contributed by atoms with Crippen LogP contribution in [0.1, 0.15) is 33.7 Å². The number of nitrogens with zero attached hydrogens (tertiary/aromatic N) is 2. The van der Waals surface area contributed by atoms with Crippen LogP contribution in [0.25, 0.3) is 5.69 Å². The van der Waals surface area contributed by atoms with E-state index >= 15 is 0 Å². The van der Waals surface area contributed by atoms with Gasteiger partial charge in [-0.1, -0.05) is 0 Å². The SMILES string of the molecule is Cc1cc(C(=O)NCCCOCCO)c(C)n1-c1ccc(C#N)cc1. The number of hydrogen-bond acceptors (Lipinski definition) is 4. The number of rotatable bonds is 8. The molecule has 0 aliphatic heterocycles. The van der Waals surface area contributed by atoms with Gasteiger partial charge in [0.05, 0.1) is 30.4 Å². The van der Waals surface area contributed by atoms with Crippen molar-refractivity contribution in [2.24, 2.45) is 0 Å². The molecule has 0 aliphatic rings. The molecular weight excluding hydrogens is 318 g/mol. The molecule has 25 heavy (non-hydrogen) atoms. The highest BCUT2D eigenvalue weighted by Crippen LogP contribution is 2.21. The fraction of sp³-hybridized carbons (Fsp3) is 0.368. The van der Waals surface area contributed by atoms with E-state index in [-0.39, 0.29) is 12.5 Å². The molecule has 0 aliphatic carbocycles. The van der Waals surface area contributed by atoms with Gasteiger partial charge in [0.25, 0.3) is 5.91 Å². The highest BCUT2D eigenvalue weighted by Gasteiger charge is 2.16. The molecule has 132 valence electrons. The molecule has 1 aromatic carbocycles. The maximum atomic E-state index is 12.4. The quantitative estimate of drug-likeness (QED) is 0.720. The molecule has 0 unspecified atom stereocenters. The van der Waals surface area contributed by atoms with E-state index in [1.807, 2.05) is 36.6 Å². The van der Waals surface area contributed by atoms with E-state index in [0.29, 0.717) is 37.3 Å². The molecule has 0 spiro atoms. The van der Waals surface area contributed by atoms with Gasteiger partial charge in [0, 0.05) is 30.2 Å². The lowest BCUT2D eigenvalue weighted by Crippen LogP contribution is -2.25. The van der Waals surface area contributed by atoms with Crippen molar-refractivity contribution in [1.82, 2.24) is 9.88 Å². The second kappa shape index (κ2) is 9.02. The van der Waals surface area contributed by atoms with E-state index in [4.69, 9.17) is 15.1 Å². The summed E-state index contributed by atoms with van der Waals surface area (Å²) in [7, 11) is 0. The van der Waals surface area contributed by atoms with E-state index in [2.05, 4.69) is 11.4 Å². The van der Waals surface area contributed by atoms with E-state index in [0.717, 1.165) is 17.1 Å². The summed E-state index contributed by atoms with van der Waals surface area (Å²) in [4.78, 5) is 12.4. The molecule has 1 amide bonds. The van der Waals surface area contributed by atoms with Gasteiger partial charge in [-0.2, -0.15) is 5.26 Å². The first-order chi connectivity index (χ1) is 12.1. The summed E-state index contributed by atoms with van der Waals surface area (Å²) < 4.78 is 7.17. The molecule has 0 bridgehead atoms. The van der Waals surface area contributed by atoms with Crippen molar-refractivity contribution < 1.29 is 14.6 Å². The van der Waals surface area contributed by atoms with Crippen LogP contribution >= 0.6 is 0 Å². The number of aliphatic hydroxyl groups excluding tert-OH is 1. The van der Waals surface area contributed by atoms with Crippen LogP contribution in [0.3, 0.4) is 0 Å². The highest BCUT2D eigenvalue weighted by molar-refractivity contribution is 5.95. The average molecular weight is 341 g/mol. The number of aromatic nitrogens is 1. The van der Waals surface area contributed by atoms with Gasteiger partial charge in [-0.05, 0) is 50.6 Å². The average Bonchev–Trinajstić information content (AvgIpc) is 2.92. The molecule has 0 saturated heterocycles. The van der Waals surface area contributed by atoms with Gasteiger partial charge in [-0.15, -0.1) is 0 Å². The number of hydrogen-bond donors (Lipinski definition) is 2. The summed E-state index contributed by atoms with van der Waals surface area (Å²) in [6, 6.07) is 11.2. The van der Waals surface area contributed by atoms with Crippen LogP contribution < -0.4 is 5.32 Å². The summed E-state index contributed by atoms with van der Waals surface area (Å²) in [5, 5.41) is 20.4. The van der Waals surface area contributed by atoms with Gasteiger partial charge in [0.2, 0.25) is 0 Å². The van der Waals surface area contributed by atoms with E-state index in [1.54, 1.807) is 12.1 Å². The van der Waals surface area contributed by atoms with Gasteiger partial charge in [-0.25, -0.2) is 0 Å². The van der Waals surface area contributed by atoms with Crippen LogP contribution in [0, 0.1) is 25.2 Å². The second-order valence-electron chi connectivity index (χ2n) is 5.72. The maximum absolute atomic E-state index is 12.4. The zero-order chi connectivity index (χ0) is 18.2. The summed E-state index contributed by atoms with van der Waals surface area (Å²) in [5.41, 5.74) is 3.98. The summed E-state index contributed by atoms with van der Waals surface area (Å²) in [5.74, 6) is -0.116. The molecule has 0 atom stereocenters. The van der Waals surface area contributed by atoms with Crippen molar-refractivity contribution in [2.75, 3.05) is 26.4 Å². The van der Waals surface area contributed by atoms with Crippen molar-refractivity contribution >= 4 is 5.91 Å². The number of nitrogens with one attached hydrogen (secondary N) is 1. The Labute approximate surface area is 147 Å². The predicted molar refractivity (Wildman–Crippen MR) is 94.8 cm³/mol. The first-order valence-corrected chi connectivity index (χ1v) is 8.24. The smallest absolute Gasteiger partial charge is 0.253 e. The minimum atomic E-state index is -0.116. The molecule has 1 aromatic heterocycles. The fourth-order valence-electron chi connectivity index (χ4n) is 2.71. The number of nitriles is 1. The third kappa shape index (κ3) is 4.69. The molecule has 0 fully saturated rings. The van der Waals surface area contributed by atoms with Gasteiger partial charge < -0.3 is 19.7 Å². The first-order valence-electron chi connectivity index (χ1n) is 8.24. The minimum absolute atomic E-state index is 0.00763. The lowest BCUT2D eigenvalue weighted by molar-refractivity contribution is 0.0867. The van der Waals surface area contributed by atoms with E-state index in [1.165, 1.54) is 0 Å². The highest BCUT2D eigenvalue weighted by atomic mass is 16.5. The van der Waals surface area contributed by atoms with Crippen molar-refractivity contribution in [3.8, 4) is 11.8 Å². The number of ether oxygens (including phenoxy) is 1. The number of amides is 1. The van der Waals surface area contributed by atoms with Crippen molar-refractivity contribution in [1.29, 1.82) is 5.26 Å². The zero-order valence-corrected chi connectivity index (χ0v) is 14.6. The van der Waals surface area contributed by atoms with Crippen LogP contribution in [0.5, 0.6) is 0 Å². The normalized spacial score (nSPS) is 10.5. The molecule has 6 nitrogen and oxygen atoms in total. The Morgan fingerprint density at radius 2 is 2.00 bits per heavy atom. The third-order valence-corrected chi connectivity index (χ3v) is 3.92. The Morgan fingerprint density at radius 3 is 2.64 bits per heavy atom. The second-order valence-corrected chi connectivity index (χ2v) is 5.72. The first kappa shape index (κ1) is 18.7. The third-order valence-electron chi connectivity index (χ3n) is 3.92. The van der Waals surface area contributed by atoms with Crippen molar-refractivity contribution in [3.05, 3.63) is 52.8 Å². The zero-order valence-electron chi connectivity index (χ0n) is 14.6.